The molecule has 6 heteroatoms. The Balaban J connectivity index is 1.72. The molecule has 0 saturated heterocycles. The highest BCUT2D eigenvalue weighted by molar-refractivity contribution is 6.35. The van der Waals surface area contributed by atoms with Crippen molar-refractivity contribution in [2.45, 2.75) is 12.8 Å². The maximum atomic E-state index is 11.8. The van der Waals surface area contributed by atoms with E-state index < -0.39 is 0 Å². The second-order valence-corrected chi connectivity index (χ2v) is 5.80. The number of benzene rings is 2. The van der Waals surface area contributed by atoms with Gasteiger partial charge in [-0.1, -0.05) is 41.4 Å². The predicted octanol–water partition coefficient (Wildman–Crippen LogP) is 4.14. The van der Waals surface area contributed by atoms with Gasteiger partial charge in [-0.3, -0.25) is 9.59 Å². The first-order valence-corrected chi connectivity index (χ1v) is 7.89. The van der Waals surface area contributed by atoms with E-state index in [-0.39, 0.29) is 11.8 Å². The molecule has 0 aliphatic carbocycles. The maximum absolute atomic E-state index is 11.8. The Morgan fingerprint density at radius 2 is 1.61 bits per heavy atom. The van der Waals surface area contributed by atoms with E-state index in [1.165, 1.54) is 0 Å². The van der Waals surface area contributed by atoms with E-state index in [9.17, 15) is 9.59 Å². The van der Waals surface area contributed by atoms with Crippen LogP contribution in [0.5, 0.6) is 0 Å². The van der Waals surface area contributed by atoms with Crippen molar-refractivity contribution in [3.8, 4) is 0 Å². The standard InChI is InChI=1S/C17H16Cl2N2O2/c18-13-9-14(19)11-15(10-13)21-16(22)7-4-8-20-17(23)12-5-2-1-3-6-12/h1-3,5-6,9-11H,4,7-8H2,(H,20,23)(H,21,22). The molecule has 0 unspecified atom stereocenters. The summed E-state index contributed by atoms with van der Waals surface area (Å²) in [6.07, 6.45) is 0.831. The van der Waals surface area contributed by atoms with Crippen LogP contribution in [-0.4, -0.2) is 18.4 Å². The average Bonchev–Trinajstić information content (AvgIpc) is 2.51. The van der Waals surface area contributed by atoms with Gasteiger partial charge in [0.1, 0.15) is 0 Å². The zero-order valence-corrected chi connectivity index (χ0v) is 13.8. The zero-order valence-electron chi connectivity index (χ0n) is 12.3. The molecule has 0 bridgehead atoms. The molecule has 2 aromatic rings. The fraction of sp³-hybridized carbons (Fsp3) is 0.176. The SMILES string of the molecule is O=C(CCCNC(=O)c1ccccc1)Nc1cc(Cl)cc(Cl)c1. The highest BCUT2D eigenvalue weighted by atomic mass is 35.5. The Hall–Kier alpha value is -2.04. The van der Waals surface area contributed by atoms with E-state index in [2.05, 4.69) is 10.6 Å². The topological polar surface area (TPSA) is 58.2 Å². The normalized spacial score (nSPS) is 10.2. The minimum absolute atomic E-state index is 0.146. The van der Waals surface area contributed by atoms with E-state index in [4.69, 9.17) is 23.2 Å². The lowest BCUT2D eigenvalue weighted by atomic mass is 10.2. The van der Waals surface area contributed by atoms with Crippen molar-refractivity contribution in [2.24, 2.45) is 0 Å². The Labute approximate surface area is 144 Å². The first-order chi connectivity index (χ1) is 11.0. The van der Waals surface area contributed by atoms with Crippen LogP contribution in [0.25, 0.3) is 0 Å². The van der Waals surface area contributed by atoms with Gasteiger partial charge in [0.05, 0.1) is 0 Å². The largest absolute Gasteiger partial charge is 0.352 e. The van der Waals surface area contributed by atoms with Crippen molar-refractivity contribution in [2.75, 3.05) is 11.9 Å². The first kappa shape index (κ1) is 17.3. The third-order valence-corrected chi connectivity index (χ3v) is 3.48. The predicted molar refractivity (Wildman–Crippen MR) is 93.1 cm³/mol. The van der Waals surface area contributed by atoms with E-state index >= 15 is 0 Å². The van der Waals surface area contributed by atoms with Crippen molar-refractivity contribution in [1.82, 2.24) is 5.32 Å². The molecule has 2 N–H and O–H groups in total. The number of hydrogen-bond donors (Lipinski definition) is 2. The number of hydrogen-bond acceptors (Lipinski definition) is 2. The second kappa shape index (κ2) is 8.56. The molecule has 4 nitrogen and oxygen atoms in total. The molecule has 0 spiro atoms. The molecule has 0 aliphatic rings. The number of carbonyl (C=O) groups is 2. The molecular formula is C17H16Cl2N2O2. The quantitative estimate of drug-likeness (QED) is 0.769. The monoisotopic (exact) mass is 350 g/mol. The number of amides is 2. The van der Waals surface area contributed by atoms with E-state index in [0.29, 0.717) is 40.7 Å². The summed E-state index contributed by atoms with van der Waals surface area (Å²) in [5, 5.41) is 6.42. The van der Waals surface area contributed by atoms with Crippen molar-refractivity contribution in [3.05, 3.63) is 64.1 Å². The number of nitrogens with one attached hydrogen (secondary N) is 2. The van der Waals surface area contributed by atoms with Gasteiger partial charge in [-0.05, 0) is 36.8 Å². The smallest absolute Gasteiger partial charge is 0.251 e. The van der Waals surface area contributed by atoms with Crippen LogP contribution in [0.1, 0.15) is 23.2 Å². The Kier molecular flexibility index (Phi) is 6.44. The van der Waals surface area contributed by atoms with Crippen LogP contribution in [0.2, 0.25) is 10.0 Å². The summed E-state index contributed by atoms with van der Waals surface area (Å²) in [5.41, 5.74) is 1.16. The highest BCUT2D eigenvalue weighted by Gasteiger charge is 2.06. The van der Waals surface area contributed by atoms with E-state index in [0.717, 1.165) is 0 Å². The third-order valence-electron chi connectivity index (χ3n) is 3.05. The number of anilines is 1. The van der Waals surface area contributed by atoms with Crippen LogP contribution in [0.15, 0.2) is 48.5 Å². The second-order valence-electron chi connectivity index (χ2n) is 4.93. The molecule has 2 aromatic carbocycles. The van der Waals surface area contributed by atoms with Crippen molar-refractivity contribution in [3.63, 3.8) is 0 Å². The lowest BCUT2D eigenvalue weighted by molar-refractivity contribution is -0.116. The van der Waals surface area contributed by atoms with Crippen molar-refractivity contribution < 1.29 is 9.59 Å². The van der Waals surface area contributed by atoms with Gasteiger partial charge in [-0.25, -0.2) is 0 Å². The van der Waals surface area contributed by atoms with Crippen LogP contribution in [0.4, 0.5) is 5.69 Å². The van der Waals surface area contributed by atoms with E-state index in [1.54, 1.807) is 42.5 Å². The van der Waals surface area contributed by atoms with Crippen LogP contribution >= 0.6 is 23.2 Å². The number of halogens is 2. The molecule has 0 aliphatic heterocycles. The molecule has 0 fully saturated rings. The van der Waals surface area contributed by atoms with Gasteiger partial charge in [0.2, 0.25) is 5.91 Å². The summed E-state index contributed by atoms with van der Waals surface area (Å²) in [6, 6.07) is 13.8. The summed E-state index contributed by atoms with van der Waals surface area (Å²) < 4.78 is 0. The average molecular weight is 351 g/mol. The van der Waals surface area contributed by atoms with E-state index in [1.807, 2.05) is 6.07 Å². The summed E-state index contributed by atoms with van der Waals surface area (Å²) in [5.74, 6) is -0.301. The molecule has 0 atom stereocenters. The number of rotatable bonds is 6. The minimum Gasteiger partial charge on any atom is -0.352 e. The zero-order chi connectivity index (χ0) is 16.7. The lowest BCUT2D eigenvalue weighted by Crippen LogP contribution is -2.25. The molecule has 0 radical (unpaired) electrons. The first-order valence-electron chi connectivity index (χ1n) is 7.14. The van der Waals surface area contributed by atoms with Gasteiger partial charge >= 0.3 is 0 Å². The number of carbonyl (C=O) groups excluding carboxylic acids is 2. The molecule has 120 valence electrons. The van der Waals surface area contributed by atoms with Crippen LogP contribution < -0.4 is 10.6 Å². The lowest BCUT2D eigenvalue weighted by Gasteiger charge is -2.07. The molecular weight excluding hydrogens is 335 g/mol. The molecule has 0 heterocycles. The Morgan fingerprint density at radius 3 is 2.26 bits per heavy atom. The van der Waals surface area contributed by atoms with Gasteiger partial charge in [-0.15, -0.1) is 0 Å². The Bertz CT molecular complexity index is 670. The van der Waals surface area contributed by atoms with Crippen LogP contribution in [0.3, 0.4) is 0 Å². The van der Waals surface area contributed by atoms with Gasteiger partial charge < -0.3 is 10.6 Å². The van der Waals surface area contributed by atoms with Crippen LogP contribution in [0, 0.1) is 0 Å². The van der Waals surface area contributed by atoms with Crippen LogP contribution in [-0.2, 0) is 4.79 Å². The Morgan fingerprint density at radius 1 is 0.957 bits per heavy atom. The minimum atomic E-state index is -0.155. The summed E-state index contributed by atoms with van der Waals surface area (Å²) in [6.45, 7) is 0.428. The fourth-order valence-electron chi connectivity index (χ4n) is 1.99. The molecule has 23 heavy (non-hydrogen) atoms. The summed E-state index contributed by atoms with van der Waals surface area (Å²) in [7, 11) is 0. The maximum Gasteiger partial charge on any atom is 0.251 e. The molecule has 0 aromatic heterocycles. The molecule has 0 saturated carbocycles. The highest BCUT2D eigenvalue weighted by Crippen LogP contribution is 2.22. The fourth-order valence-corrected chi connectivity index (χ4v) is 2.52. The van der Waals surface area contributed by atoms with Gasteiger partial charge in [0, 0.05) is 34.3 Å². The third kappa shape index (κ3) is 5.93. The summed E-state index contributed by atoms with van der Waals surface area (Å²) in [4.78, 5) is 23.7. The molecule has 2 amide bonds. The van der Waals surface area contributed by atoms with Gasteiger partial charge in [-0.2, -0.15) is 0 Å². The van der Waals surface area contributed by atoms with Crippen molar-refractivity contribution in [1.29, 1.82) is 0 Å². The summed E-state index contributed by atoms with van der Waals surface area (Å²) >= 11 is 11.7. The van der Waals surface area contributed by atoms with Gasteiger partial charge in [0.25, 0.3) is 5.91 Å². The molecule has 2 rings (SSSR count). The van der Waals surface area contributed by atoms with Crippen molar-refractivity contribution >= 4 is 40.7 Å². The van der Waals surface area contributed by atoms with Gasteiger partial charge in [0.15, 0.2) is 0 Å².